The van der Waals surface area contributed by atoms with E-state index < -0.39 is 0 Å². The molecule has 2 aromatic rings. The highest BCUT2D eigenvalue weighted by Crippen LogP contribution is 2.20. The molecule has 0 aliphatic heterocycles. The largest absolute Gasteiger partial charge is 0.399 e. The average Bonchev–Trinajstić information content (AvgIpc) is 2.89. The molecule has 1 unspecified atom stereocenters. The average molecular weight is 287 g/mol. The number of nitrogens with zero attached hydrogens (tertiary/aromatic N) is 1. The van der Waals surface area contributed by atoms with Crippen molar-refractivity contribution in [2.45, 2.75) is 46.1 Å². The lowest BCUT2D eigenvalue weighted by Crippen LogP contribution is -2.39. The van der Waals surface area contributed by atoms with Crippen molar-refractivity contribution in [3.8, 4) is 0 Å². The third-order valence-electron chi connectivity index (χ3n) is 4.01. The lowest BCUT2D eigenvalue weighted by atomic mass is 10.1. The summed E-state index contributed by atoms with van der Waals surface area (Å²) in [7, 11) is 0. The number of nitrogen functional groups attached to an aromatic ring is 1. The van der Waals surface area contributed by atoms with Crippen LogP contribution in [-0.4, -0.2) is 28.4 Å². The molecule has 2 rings (SSSR count). The molecule has 0 aliphatic rings. The minimum atomic E-state index is 0.0765. The summed E-state index contributed by atoms with van der Waals surface area (Å²) in [6, 6.07) is 7.80. The van der Waals surface area contributed by atoms with Crippen LogP contribution in [0.4, 0.5) is 5.69 Å². The van der Waals surface area contributed by atoms with E-state index in [1.165, 1.54) is 0 Å². The van der Waals surface area contributed by atoms with Gasteiger partial charge in [-0.1, -0.05) is 20.3 Å². The van der Waals surface area contributed by atoms with Crippen LogP contribution in [0.2, 0.25) is 0 Å². The van der Waals surface area contributed by atoms with Crippen LogP contribution >= 0.6 is 0 Å². The number of carbonyl (C=O) groups is 1. The Morgan fingerprint density at radius 2 is 2.10 bits per heavy atom. The molecule has 0 radical (unpaired) electrons. The first-order chi connectivity index (χ1) is 10.1. The molecule has 1 aromatic carbocycles. The summed E-state index contributed by atoms with van der Waals surface area (Å²) in [4.78, 5) is 18.0. The van der Waals surface area contributed by atoms with E-state index in [-0.39, 0.29) is 11.9 Å². The minimum Gasteiger partial charge on any atom is -0.399 e. The SMILES string of the molecule is CCCCN(C(=O)c1cc2cc(N)ccc2[nH]1)C(C)CC. The predicted octanol–water partition coefficient (Wildman–Crippen LogP) is 3.79. The molecule has 3 N–H and O–H groups in total. The number of nitrogens with one attached hydrogen (secondary N) is 1. The lowest BCUT2D eigenvalue weighted by Gasteiger charge is -2.28. The quantitative estimate of drug-likeness (QED) is 0.794. The van der Waals surface area contributed by atoms with Crippen molar-refractivity contribution < 1.29 is 4.79 Å². The number of hydrogen-bond donors (Lipinski definition) is 2. The molecule has 0 saturated heterocycles. The summed E-state index contributed by atoms with van der Waals surface area (Å²) in [5.74, 6) is 0.0765. The van der Waals surface area contributed by atoms with E-state index in [9.17, 15) is 4.79 Å². The van der Waals surface area contributed by atoms with Gasteiger partial charge in [-0.2, -0.15) is 0 Å². The van der Waals surface area contributed by atoms with Gasteiger partial charge in [-0.25, -0.2) is 0 Å². The summed E-state index contributed by atoms with van der Waals surface area (Å²) in [6.07, 6.45) is 3.08. The zero-order valence-corrected chi connectivity index (χ0v) is 13.1. The Labute approximate surface area is 126 Å². The maximum Gasteiger partial charge on any atom is 0.270 e. The molecular formula is C17H25N3O. The molecule has 114 valence electrons. The fourth-order valence-electron chi connectivity index (χ4n) is 2.49. The number of carbonyl (C=O) groups excluding carboxylic acids is 1. The zero-order chi connectivity index (χ0) is 15.4. The van der Waals surface area contributed by atoms with E-state index in [4.69, 9.17) is 5.73 Å². The van der Waals surface area contributed by atoms with E-state index in [1.54, 1.807) is 0 Å². The fourth-order valence-corrected chi connectivity index (χ4v) is 2.49. The Morgan fingerprint density at radius 3 is 2.76 bits per heavy atom. The van der Waals surface area contributed by atoms with Crippen LogP contribution in [0.3, 0.4) is 0 Å². The van der Waals surface area contributed by atoms with Crippen molar-refractivity contribution in [2.75, 3.05) is 12.3 Å². The second kappa shape index (κ2) is 6.66. The predicted molar refractivity (Wildman–Crippen MR) is 88.4 cm³/mol. The number of hydrogen-bond acceptors (Lipinski definition) is 2. The molecule has 1 heterocycles. The summed E-state index contributed by atoms with van der Waals surface area (Å²) in [5, 5.41) is 0.984. The molecule has 1 amide bonds. The Balaban J connectivity index is 2.28. The van der Waals surface area contributed by atoms with Crippen molar-refractivity contribution in [2.24, 2.45) is 0 Å². The number of fused-ring (bicyclic) bond motifs is 1. The number of unbranched alkanes of at least 4 members (excludes halogenated alkanes) is 1. The zero-order valence-electron chi connectivity index (χ0n) is 13.1. The molecule has 0 spiro atoms. The molecular weight excluding hydrogens is 262 g/mol. The van der Waals surface area contributed by atoms with Gasteiger partial charge in [0.1, 0.15) is 5.69 Å². The number of rotatable bonds is 6. The van der Waals surface area contributed by atoms with Crippen molar-refractivity contribution in [1.82, 2.24) is 9.88 Å². The number of amides is 1. The van der Waals surface area contributed by atoms with Crippen LogP contribution in [-0.2, 0) is 0 Å². The molecule has 0 aliphatic carbocycles. The van der Waals surface area contributed by atoms with Crippen molar-refractivity contribution in [1.29, 1.82) is 0 Å². The summed E-state index contributed by atoms with van der Waals surface area (Å²) in [5.41, 5.74) is 8.10. The van der Waals surface area contributed by atoms with Gasteiger partial charge >= 0.3 is 0 Å². The topological polar surface area (TPSA) is 62.1 Å². The second-order valence-electron chi connectivity index (χ2n) is 5.64. The standard InChI is InChI=1S/C17H25N3O/c1-4-6-9-20(12(3)5-2)17(21)16-11-13-10-14(18)7-8-15(13)19-16/h7-8,10-12,19H,4-6,9,18H2,1-3H3. The number of aromatic nitrogens is 1. The van der Waals surface area contributed by atoms with Crippen molar-refractivity contribution in [3.63, 3.8) is 0 Å². The molecule has 1 aromatic heterocycles. The molecule has 0 fully saturated rings. The van der Waals surface area contributed by atoms with Crippen LogP contribution < -0.4 is 5.73 Å². The number of anilines is 1. The Hall–Kier alpha value is -1.97. The van der Waals surface area contributed by atoms with Gasteiger partial charge in [-0.15, -0.1) is 0 Å². The van der Waals surface area contributed by atoms with E-state index in [0.29, 0.717) is 11.4 Å². The second-order valence-corrected chi connectivity index (χ2v) is 5.64. The van der Waals surface area contributed by atoms with Crippen LogP contribution in [0.25, 0.3) is 10.9 Å². The van der Waals surface area contributed by atoms with Gasteiger partial charge in [0.05, 0.1) is 0 Å². The monoisotopic (exact) mass is 287 g/mol. The Bertz CT molecular complexity index is 618. The lowest BCUT2D eigenvalue weighted by molar-refractivity contribution is 0.0680. The Kier molecular flexibility index (Phi) is 4.89. The molecule has 1 atom stereocenters. The van der Waals surface area contributed by atoms with Gasteiger partial charge in [0.25, 0.3) is 5.91 Å². The maximum absolute atomic E-state index is 12.8. The van der Waals surface area contributed by atoms with Gasteiger partial charge in [0.2, 0.25) is 0 Å². The van der Waals surface area contributed by atoms with Gasteiger partial charge in [-0.3, -0.25) is 4.79 Å². The van der Waals surface area contributed by atoms with E-state index in [0.717, 1.165) is 36.7 Å². The van der Waals surface area contributed by atoms with Crippen molar-refractivity contribution >= 4 is 22.5 Å². The van der Waals surface area contributed by atoms with Crippen molar-refractivity contribution in [3.05, 3.63) is 30.0 Å². The highest BCUT2D eigenvalue weighted by molar-refractivity contribution is 5.98. The number of nitrogens with two attached hydrogens (primary N) is 1. The fraction of sp³-hybridized carbons (Fsp3) is 0.471. The smallest absolute Gasteiger partial charge is 0.270 e. The third kappa shape index (κ3) is 3.38. The number of H-pyrrole nitrogens is 1. The number of benzene rings is 1. The number of aromatic amines is 1. The highest BCUT2D eigenvalue weighted by Gasteiger charge is 2.21. The van der Waals surface area contributed by atoms with E-state index in [1.807, 2.05) is 29.2 Å². The first-order valence-corrected chi connectivity index (χ1v) is 7.76. The van der Waals surface area contributed by atoms with Crippen LogP contribution in [0.5, 0.6) is 0 Å². The van der Waals surface area contributed by atoms with Gasteiger partial charge in [0.15, 0.2) is 0 Å². The van der Waals surface area contributed by atoms with Crippen LogP contribution in [0.1, 0.15) is 50.5 Å². The summed E-state index contributed by atoms with van der Waals surface area (Å²) >= 11 is 0. The first-order valence-electron chi connectivity index (χ1n) is 7.76. The third-order valence-corrected chi connectivity index (χ3v) is 4.01. The molecule has 4 heteroatoms. The van der Waals surface area contributed by atoms with Crippen LogP contribution in [0.15, 0.2) is 24.3 Å². The maximum atomic E-state index is 12.8. The summed E-state index contributed by atoms with van der Waals surface area (Å²) < 4.78 is 0. The van der Waals surface area contributed by atoms with Crippen LogP contribution in [0, 0.1) is 0 Å². The van der Waals surface area contributed by atoms with Gasteiger partial charge in [0, 0.05) is 29.2 Å². The summed E-state index contributed by atoms with van der Waals surface area (Å²) in [6.45, 7) is 7.17. The molecule has 0 bridgehead atoms. The van der Waals surface area contributed by atoms with E-state index in [2.05, 4.69) is 25.8 Å². The molecule has 0 saturated carbocycles. The normalized spacial score (nSPS) is 12.5. The first kappa shape index (κ1) is 15.4. The molecule has 21 heavy (non-hydrogen) atoms. The highest BCUT2D eigenvalue weighted by atomic mass is 16.2. The minimum absolute atomic E-state index is 0.0765. The molecule has 4 nitrogen and oxygen atoms in total. The van der Waals surface area contributed by atoms with Gasteiger partial charge in [-0.05, 0) is 44.0 Å². The Morgan fingerprint density at radius 1 is 1.33 bits per heavy atom. The van der Waals surface area contributed by atoms with Gasteiger partial charge < -0.3 is 15.6 Å². The van der Waals surface area contributed by atoms with E-state index >= 15 is 0 Å².